The molecule has 3 amide bonds. The van der Waals surface area contributed by atoms with Gasteiger partial charge in [0.2, 0.25) is 5.91 Å². The summed E-state index contributed by atoms with van der Waals surface area (Å²) in [6.45, 7) is 4.20. The number of aromatic nitrogens is 3. The van der Waals surface area contributed by atoms with Crippen LogP contribution in [-0.4, -0.2) is 50.5 Å². The number of urea groups is 1. The van der Waals surface area contributed by atoms with Crippen LogP contribution in [-0.2, 0) is 11.2 Å². The van der Waals surface area contributed by atoms with Gasteiger partial charge >= 0.3 is 12.4 Å². The molecule has 1 saturated heterocycles. The van der Waals surface area contributed by atoms with Crippen LogP contribution in [0.4, 0.5) is 23.7 Å². The van der Waals surface area contributed by atoms with E-state index in [1.165, 1.54) is 51.9 Å². The Morgan fingerprint density at radius 2 is 1.81 bits per heavy atom. The number of thioether (sulfide) groups is 1. The Balaban J connectivity index is 1.16. The van der Waals surface area contributed by atoms with Gasteiger partial charge in [0.15, 0.2) is 11.0 Å². The summed E-state index contributed by atoms with van der Waals surface area (Å²) in [7, 11) is 0. The number of anilines is 1. The fourth-order valence-electron chi connectivity index (χ4n) is 4.22. The van der Waals surface area contributed by atoms with Gasteiger partial charge in [-0.15, -0.1) is 18.3 Å². The lowest BCUT2D eigenvalue weighted by Gasteiger charge is -2.19. The number of benzene rings is 3. The molecule has 9 nitrogen and oxygen atoms in total. The van der Waals surface area contributed by atoms with Crippen LogP contribution in [0.5, 0.6) is 5.75 Å². The average molecular weight is 595 g/mol. The van der Waals surface area contributed by atoms with Crippen LogP contribution >= 0.6 is 11.8 Å². The monoisotopic (exact) mass is 594 g/mol. The normalized spacial score (nSPS) is 14.5. The largest absolute Gasteiger partial charge is 0.573 e. The highest BCUT2D eigenvalue weighted by atomic mass is 32.2. The van der Waals surface area contributed by atoms with Crippen molar-refractivity contribution in [1.29, 1.82) is 0 Å². The first-order valence-corrected chi connectivity index (χ1v) is 13.8. The lowest BCUT2D eigenvalue weighted by Crippen LogP contribution is -2.32. The number of nitrogens with one attached hydrogen (secondary N) is 1. The van der Waals surface area contributed by atoms with Gasteiger partial charge < -0.3 is 10.1 Å². The standard InChI is InChI=1S/C29H25F3N6O3S/c1-18-3-4-19(2)24(15-18)38-25(39)16-42-28(38)35-27(40)33-14-13-20-5-7-21(8-6-20)26-34-17-37(36-26)22-9-11-23(12-10-22)41-29(30,31)32/h3-12,15,17H,13-14,16H2,1-2H3,(H,33,40)/b35-28-. The molecule has 0 spiro atoms. The highest BCUT2D eigenvalue weighted by Crippen LogP contribution is 2.30. The molecule has 0 atom stereocenters. The molecule has 0 aliphatic carbocycles. The number of ether oxygens (including phenoxy) is 1. The number of aliphatic imine (C=N–C) groups is 1. The van der Waals surface area contributed by atoms with E-state index in [0.717, 1.165) is 27.9 Å². The fourth-order valence-corrected chi connectivity index (χ4v) is 5.08. The van der Waals surface area contributed by atoms with E-state index in [1.54, 1.807) is 0 Å². The number of rotatable bonds is 7. The minimum atomic E-state index is -4.76. The maximum absolute atomic E-state index is 12.5. The highest BCUT2D eigenvalue weighted by Gasteiger charge is 2.32. The summed E-state index contributed by atoms with van der Waals surface area (Å²) >= 11 is 1.23. The number of amidine groups is 1. The Kier molecular flexibility index (Phi) is 8.29. The Morgan fingerprint density at radius 1 is 1.07 bits per heavy atom. The SMILES string of the molecule is Cc1ccc(C)c(N2C(=O)CS/C2=N\C(=O)NCCc2ccc(-c3ncn(-c4ccc(OC(F)(F)F)cc4)n3)cc2)c1. The average Bonchev–Trinajstić information content (AvgIpc) is 3.57. The molecule has 4 aromatic rings. The molecule has 42 heavy (non-hydrogen) atoms. The van der Waals surface area contributed by atoms with Crippen molar-refractivity contribution in [3.8, 4) is 22.8 Å². The Labute approximate surface area is 243 Å². The number of hydrogen-bond donors (Lipinski definition) is 1. The molecule has 1 aliphatic heterocycles. The minimum absolute atomic E-state index is 0.117. The second-order valence-corrected chi connectivity index (χ2v) is 10.4. The van der Waals surface area contributed by atoms with Crippen LogP contribution in [0.2, 0.25) is 0 Å². The van der Waals surface area contributed by atoms with Gasteiger partial charge in [0.25, 0.3) is 0 Å². The summed E-state index contributed by atoms with van der Waals surface area (Å²) in [5.74, 6) is 0.228. The zero-order valence-electron chi connectivity index (χ0n) is 22.6. The molecule has 1 N–H and O–H groups in total. The predicted octanol–water partition coefficient (Wildman–Crippen LogP) is 5.84. The van der Waals surface area contributed by atoms with Crippen molar-refractivity contribution in [2.45, 2.75) is 26.6 Å². The summed E-state index contributed by atoms with van der Waals surface area (Å²) in [5, 5.41) is 7.54. The van der Waals surface area contributed by atoms with E-state index in [4.69, 9.17) is 0 Å². The fraction of sp³-hybridized carbons (Fsp3) is 0.207. The van der Waals surface area contributed by atoms with Crippen LogP contribution in [0.1, 0.15) is 16.7 Å². The van der Waals surface area contributed by atoms with Crippen molar-refractivity contribution >= 4 is 34.6 Å². The van der Waals surface area contributed by atoms with Gasteiger partial charge in [-0.25, -0.2) is 14.5 Å². The van der Waals surface area contributed by atoms with E-state index in [0.29, 0.717) is 29.6 Å². The van der Waals surface area contributed by atoms with Crippen LogP contribution in [0.25, 0.3) is 17.1 Å². The molecule has 3 aromatic carbocycles. The first kappa shape index (κ1) is 28.9. The maximum Gasteiger partial charge on any atom is 0.573 e. The number of aryl methyl sites for hydroxylation is 2. The summed E-state index contributed by atoms with van der Waals surface area (Å²) < 4.78 is 42.5. The molecule has 1 aromatic heterocycles. The Morgan fingerprint density at radius 3 is 2.52 bits per heavy atom. The number of carbonyl (C=O) groups excluding carboxylic acids is 2. The van der Waals surface area contributed by atoms with E-state index >= 15 is 0 Å². The van der Waals surface area contributed by atoms with Crippen molar-refractivity contribution in [2.75, 3.05) is 17.2 Å². The quantitative estimate of drug-likeness (QED) is 0.289. The number of amides is 3. The molecule has 0 saturated carbocycles. The molecule has 0 radical (unpaired) electrons. The molecule has 216 valence electrons. The molecular formula is C29H25F3N6O3S. The summed E-state index contributed by atoms with van der Waals surface area (Å²) in [4.78, 5) is 35.0. The van der Waals surface area contributed by atoms with Crippen LogP contribution in [0.3, 0.4) is 0 Å². The van der Waals surface area contributed by atoms with Crippen molar-refractivity contribution in [2.24, 2.45) is 4.99 Å². The number of carbonyl (C=O) groups is 2. The smallest absolute Gasteiger partial charge is 0.406 e. The van der Waals surface area contributed by atoms with E-state index in [-0.39, 0.29) is 17.4 Å². The first-order valence-electron chi connectivity index (χ1n) is 12.8. The first-order chi connectivity index (χ1) is 20.1. The van der Waals surface area contributed by atoms with Gasteiger partial charge in [0.05, 0.1) is 17.1 Å². The number of hydrogen-bond acceptors (Lipinski definition) is 6. The van der Waals surface area contributed by atoms with Gasteiger partial charge in [-0.2, -0.15) is 4.99 Å². The molecule has 0 unspecified atom stereocenters. The van der Waals surface area contributed by atoms with E-state index in [2.05, 4.69) is 25.1 Å². The zero-order chi connectivity index (χ0) is 29.9. The zero-order valence-corrected chi connectivity index (χ0v) is 23.4. The lowest BCUT2D eigenvalue weighted by atomic mass is 10.1. The summed E-state index contributed by atoms with van der Waals surface area (Å²) in [6, 6.07) is 18.1. The molecule has 1 fully saturated rings. The summed E-state index contributed by atoms with van der Waals surface area (Å²) in [5.41, 5.74) is 4.89. The van der Waals surface area contributed by atoms with Crippen LogP contribution in [0.15, 0.2) is 78.0 Å². The van der Waals surface area contributed by atoms with Crippen molar-refractivity contribution in [3.05, 3.63) is 89.7 Å². The Hall–Kier alpha value is -4.65. The third-order valence-corrected chi connectivity index (χ3v) is 7.22. The van der Waals surface area contributed by atoms with Crippen molar-refractivity contribution in [1.82, 2.24) is 20.1 Å². The van der Waals surface area contributed by atoms with Gasteiger partial charge in [0.1, 0.15) is 12.1 Å². The lowest BCUT2D eigenvalue weighted by molar-refractivity contribution is -0.274. The van der Waals surface area contributed by atoms with Gasteiger partial charge in [0, 0.05) is 12.1 Å². The molecule has 13 heteroatoms. The molecule has 2 heterocycles. The number of alkyl halides is 3. The molecular weight excluding hydrogens is 569 g/mol. The number of halogens is 3. The third-order valence-electron chi connectivity index (χ3n) is 6.30. The van der Waals surface area contributed by atoms with Crippen molar-refractivity contribution in [3.63, 3.8) is 0 Å². The van der Waals surface area contributed by atoms with Crippen LogP contribution < -0.4 is 15.0 Å². The van der Waals surface area contributed by atoms with Gasteiger partial charge in [-0.05, 0) is 67.3 Å². The Bertz CT molecular complexity index is 1640. The van der Waals surface area contributed by atoms with E-state index in [1.807, 2.05) is 56.3 Å². The van der Waals surface area contributed by atoms with Gasteiger partial charge in [-0.1, -0.05) is 48.2 Å². The molecule has 1 aliphatic rings. The third kappa shape index (κ3) is 6.97. The predicted molar refractivity (Wildman–Crippen MR) is 154 cm³/mol. The molecule has 5 rings (SSSR count). The highest BCUT2D eigenvalue weighted by molar-refractivity contribution is 8.15. The summed E-state index contributed by atoms with van der Waals surface area (Å²) in [6.07, 6.45) is -2.73. The second kappa shape index (κ2) is 12.1. The minimum Gasteiger partial charge on any atom is -0.406 e. The number of nitrogens with zero attached hydrogens (tertiary/aromatic N) is 5. The molecule has 0 bridgehead atoms. The van der Waals surface area contributed by atoms with E-state index in [9.17, 15) is 22.8 Å². The van der Waals surface area contributed by atoms with Crippen LogP contribution in [0, 0.1) is 13.8 Å². The van der Waals surface area contributed by atoms with Crippen molar-refractivity contribution < 1.29 is 27.5 Å². The topological polar surface area (TPSA) is 102 Å². The van der Waals surface area contributed by atoms with E-state index < -0.39 is 12.4 Å². The van der Waals surface area contributed by atoms with Gasteiger partial charge in [-0.3, -0.25) is 9.69 Å². The maximum atomic E-state index is 12.5. The second-order valence-electron chi connectivity index (χ2n) is 9.44.